The standard InChI is InChI=1S/C11H17N3/c1-4-6-14-9(2)8-13-7-5-12-11(13)10(14)3/h5,7-8,10H,4,6H2,1-3H3. The van der Waals surface area contributed by atoms with Gasteiger partial charge < -0.3 is 9.47 Å². The van der Waals surface area contributed by atoms with Crippen LogP contribution in [0.3, 0.4) is 0 Å². The molecule has 3 nitrogen and oxygen atoms in total. The van der Waals surface area contributed by atoms with Gasteiger partial charge in [-0.15, -0.1) is 0 Å². The summed E-state index contributed by atoms with van der Waals surface area (Å²) >= 11 is 0. The van der Waals surface area contributed by atoms with Crippen LogP contribution in [-0.4, -0.2) is 21.0 Å². The lowest BCUT2D eigenvalue weighted by Gasteiger charge is -2.34. The highest BCUT2D eigenvalue weighted by molar-refractivity contribution is 5.35. The minimum absolute atomic E-state index is 0.398. The van der Waals surface area contributed by atoms with Gasteiger partial charge in [0, 0.05) is 30.8 Å². The number of nitrogens with zero attached hydrogens (tertiary/aromatic N) is 3. The van der Waals surface area contributed by atoms with Crippen molar-refractivity contribution in [3.05, 3.63) is 23.9 Å². The Bertz CT molecular complexity index is 351. The molecule has 0 saturated carbocycles. The highest BCUT2D eigenvalue weighted by atomic mass is 15.2. The molecule has 1 atom stereocenters. The van der Waals surface area contributed by atoms with Crippen LogP contribution in [-0.2, 0) is 0 Å². The first-order valence-corrected chi connectivity index (χ1v) is 5.21. The Morgan fingerprint density at radius 1 is 1.50 bits per heavy atom. The number of allylic oxidation sites excluding steroid dienone is 1. The van der Waals surface area contributed by atoms with E-state index in [1.165, 1.54) is 12.1 Å². The lowest BCUT2D eigenvalue weighted by atomic mass is 10.2. The van der Waals surface area contributed by atoms with Crippen LogP contribution in [0.4, 0.5) is 0 Å². The fraction of sp³-hybridized carbons (Fsp3) is 0.545. The third-order valence-corrected chi connectivity index (χ3v) is 2.78. The fourth-order valence-corrected chi connectivity index (χ4v) is 2.09. The third-order valence-electron chi connectivity index (χ3n) is 2.78. The molecular formula is C11H17N3. The van der Waals surface area contributed by atoms with Crippen LogP contribution in [0.25, 0.3) is 6.20 Å². The van der Waals surface area contributed by atoms with E-state index in [0.717, 1.165) is 12.4 Å². The quantitative estimate of drug-likeness (QED) is 0.716. The van der Waals surface area contributed by atoms with Crippen LogP contribution in [0, 0.1) is 0 Å². The Hall–Kier alpha value is -1.25. The van der Waals surface area contributed by atoms with Crippen LogP contribution in [0.15, 0.2) is 18.1 Å². The molecule has 0 fully saturated rings. The molecule has 1 aliphatic heterocycles. The summed E-state index contributed by atoms with van der Waals surface area (Å²) in [7, 11) is 0. The molecule has 0 aliphatic carbocycles. The Labute approximate surface area is 85.1 Å². The molecule has 14 heavy (non-hydrogen) atoms. The summed E-state index contributed by atoms with van der Waals surface area (Å²) in [4.78, 5) is 6.79. The molecule has 0 saturated heterocycles. The minimum Gasteiger partial charge on any atom is -0.364 e. The van der Waals surface area contributed by atoms with Gasteiger partial charge in [0.05, 0.1) is 6.04 Å². The van der Waals surface area contributed by atoms with Crippen molar-refractivity contribution in [2.24, 2.45) is 0 Å². The van der Waals surface area contributed by atoms with Gasteiger partial charge in [-0.05, 0) is 20.3 Å². The molecule has 1 unspecified atom stereocenters. The number of hydrogen-bond donors (Lipinski definition) is 0. The molecular weight excluding hydrogens is 174 g/mol. The van der Waals surface area contributed by atoms with Gasteiger partial charge in [0.1, 0.15) is 5.82 Å². The highest BCUT2D eigenvalue weighted by Crippen LogP contribution is 2.28. The lowest BCUT2D eigenvalue weighted by molar-refractivity contribution is 0.254. The first kappa shape index (κ1) is 9.31. The van der Waals surface area contributed by atoms with Crippen molar-refractivity contribution in [2.45, 2.75) is 33.2 Å². The molecule has 0 amide bonds. The maximum atomic E-state index is 4.38. The highest BCUT2D eigenvalue weighted by Gasteiger charge is 2.23. The molecule has 3 heteroatoms. The summed E-state index contributed by atoms with van der Waals surface area (Å²) in [5.74, 6) is 1.14. The summed E-state index contributed by atoms with van der Waals surface area (Å²) in [5, 5.41) is 0. The van der Waals surface area contributed by atoms with E-state index in [-0.39, 0.29) is 0 Å². The van der Waals surface area contributed by atoms with Crippen molar-refractivity contribution < 1.29 is 0 Å². The summed E-state index contributed by atoms with van der Waals surface area (Å²) in [5.41, 5.74) is 1.32. The number of imidazole rings is 1. The molecule has 0 N–H and O–H groups in total. The number of hydrogen-bond acceptors (Lipinski definition) is 2. The number of rotatable bonds is 2. The largest absolute Gasteiger partial charge is 0.364 e. The molecule has 76 valence electrons. The van der Waals surface area contributed by atoms with Gasteiger partial charge in [-0.2, -0.15) is 0 Å². The van der Waals surface area contributed by atoms with E-state index in [4.69, 9.17) is 0 Å². The zero-order chi connectivity index (χ0) is 10.1. The summed E-state index contributed by atoms with van der Waals surface area (Å²) in [6, 6.07) is 0.398. The summed E-state index contributed by atoms with van der Waals surface area (Å²) in [6.07, 6.45) is 7.21. The Balaban J connectivity index is 2.35. The first-order chi connectivity index (χ1) is 6.74. The SMILES string of the molecule is CCCN1C(C)=Cn2ccnc2C1C. The Morgan fingerprint density at radius 3 is 3.00 bits per heavy atom. The van der Waals surface area contributed by atoms with Crippen LogP contribution in [0.5, 0.6) is 0 Å². The Morgan fingerprint density at radius 2 is 2.29 bits per heavy atom. The van der Waals surface area contributed by atoms with E-state index in [0.29, 0.717) is 6.04 Å². The topological polar surface area (TPSA) is 21.1 Å². The normalized spacial score (nSPS) is 20.6. The van der Waals surface area contributed by atoms with Crippen LogP contribution in [0.2, 0.25) is 0 Å². The van der Waals surface area contributed by atoms with Crippen molar-refractivity contribution in [1.29, 1.82) is 0 Å². The van der Waals surface area contributed by atoms with Crippen molar-refractivity contribution in [3.63, 3.8) is 0 Å². The summed E-state index contributed by atoms with van der Waals surface area (Å²) in [6.45, 7) is 7.69. The average molecular weight is 191 g/mol. The van der Waals surface area contributed by atoms with Gasteiger partial charge in [0.25, 0.3) is 0 Å². The van der Waals surface area contributed by atoms with Crippen LogP contribution < -0.4 is 0 Å². The molecule has 0 spiro atoms. The number of fused-ring (bicyclic) bond motifs is 1. The van der Waals surface area contributed by atoms with Gasteiger partial charge in [-0.1, -0.05) is 6.92 Å². The van der Waals surface area contributed by atoms with E-state index in [9.17, 15) is 0 Å². The van der Waals surface area contributed by atoms with E-state index >= 15 is 0 Å². The third kappa shape index (κ3) is 1.33. The zero-order valence-electron chi connectivity index (χ0n) is 9.07. The maximum absolute atomic E-state index is 4.38. The minimum atomic E-state index is 0.398. The molecule has 0 radical (unpaired) electrons. The molecule has 2 rings (SSSR count). The molecule has 2 heterocycles. The van der Waals surface area contributed by atoms with Crippen molar-refractivity contribution in [1.82, 2.24) is 14.5 Å². The first-order valence-electron chi connectivity index (χ1n) is 5.21. The van der Waals surface area contributed by atoms with E-state index in [1.807, 2.05) is 12.4 Å². The second-order valence-electron chi connectivity index (χ2n) is 3.83. The second kappa shape index (κ2) is 3.48. The van der Waals surface area contributed by atoms with Gasteiger partial charge in [-0.3, -0.25) is 0 Å². The van der Waals surface area contributed by atoms with Crippen LogP contribution >= 0.6 is 0 Å². The van der Waals surface area contributed by atoms with Gasteiger partial charge >= 0.3 is 0 Å². The summed E-state index contributed by atoms with van der Waals surface area (Å²) < 4.78 is 2.12. The lowest BCUT2D eigenvalue weighted by Crippen LogP contribution is -2.31. The molecule has 0 aromatic carbocycles. The predicted molar refractivity (Wildman–Crippen MR) is 57.6 cm³/mol. The molecule has 1 aromatic heterocycles. The van der Waals surface area contributed by atoms with Crippen molar-refractivity contribution in [3.8, 4) is 0 Å². The maximum Gasteiger partial charge on any atom is 0.135 e. The molecule has 1 aliphatic rings. The van der Waals surface area contributed by atoms with Gasteiger partial charge in [0.2, 0.25) is 0 Å². The predicted octanol–water partition coefficient (Wildman–Crippen LogP) is 2.49. The van der Waals surface area contributed by atoms with E-state index in [1.54, 1.807) is 0 Å². The average Bonchev–Trinajstić information content (AvgIpc) is 2.60. The molecule has 1 aromatic rings. The van der Waals surface area contributed by atoms with Crippen LogP contribution in [0.1, 0.15) is 39.1 Å². The van der Waals surface area contributed by atoms with E-state index in [2.05, 4.69) is 41.4 Å². The smallest absolute Gasteiger partial charge is 0.135 e. The second-order valence-corrected chi connectivity index (χ2v) is 3.83. The number of aromatic nitrogens is 2. The Kier molecular flexibility index (Phi) is 2.32. The zero-order valence-corrected chi connectivity index (χ0v) is 9.07. The monoisotopic (exact) mass is 191 g/mol. The van der Waals surface area contributed by atoms with Gasteiger partial charge in [0.15, 0.2) is 0 Å². The van der Waals surface area contributed by atoms with E-state index < -0.39 is 0 Å². The van der Waals surface area contributed by atoms with Crippen molar-refractivity contribution in [2.75, 3.05) is 6.54 Å². The van der Waals surface area contributed by atoms with Gasteiger partial charge in [-0.25, -0.2) is 4.98 Å². The fourth-order valence-electron chi connectivity index (χ4n) is 2.09. The van der Waals surface area contributed by atoms with Crippen molar-refractivity contribution >= 4 is 6.20 Å². The molecule has 0 bridgehead atoms.